The molecule has 2 aliphatic rings. The molecule has 1 fully saturated rings. The Morgan fingerprint density at radius 1 is 1.12 bits per heavy atom. The number of nitrogens with one attached hydrogen (secondary N) is 1. The van der Waals surface area contributed by atoms with E-state index in [9.17, 15) is 18.7 Å². The van der Waals surface area contributed by atoms with Crippen molar-refractivity contribution in [3.8, 4) is 11.1 Å². The molecule has 5 rings (SSSR count). The fourth-order valence-electron chi connectivity index (χ4n) is 5.18. The molecule has 0 atom stereocenters. The Hall–Kier alpha value is -3.76. The van der Waals surface area contributed by atoms with Gasteiger partial charge in [-0.05, 0) is 66.8 Å². The molecule has 4 heterocycles. The van der Waals surface area contributed by atoms with Crippen molar-refractivity contribution in [1.29, 1.82) is 0 Å². The molecule has 2 aromatic heterocycles. The summed E-state index contributed by atoms with van der Waals surface area (Å²) in [5, 5.41) is 12.7. The molecule has 0 aliphatic carbocycles. The number of halogens is 2. The van der Waals surface area contributed by atoms with E-state index < -0.39 is 6.43 Å². The zero-order valence-electron chi connectivity index (χ0n) is 22.6. The smallest absolute Gasteiger partial charge is 0.274 e. The zero-order valence-corrected chi connectivity index (χ0v) is 22.6. The van der Waals surface area contributed by atoms with Crippen LogP contribution in [0.3, 0.4) is 0 Å². The number of nitrogens with zero attached hydrogens (tertiary/aromatic N) is 5. The van der Waals surface area contributed by atoms with Crippen LogP contribution in [0.5, 0.6) is 0 Å². The van der Waals surface area contributed by atoms with Crippen molar-refractivity contribution in [3.63, 3.8) is 0 Å². The summed E-state index contributed by atoms with van der Waals surface area (Å²) in [6.45, 7) is 4.51. The van der Waals surface area contributed by atoms with Crippen molar-refractivity contribution in [3.05, 3.63) is 71.7 Å². The van der Waals surface area contributed by atoms with E-state index in [-0.39, 0.29) is 18.6 Å². The van der Waals surface area contributed by atoms with E-state index in [1.165, 1.54) is 0 Å². The summed E-state index contributed by atoms with van der Waals surface area (Å²) in [6, 6.07) is 11.6. The number of carbonyl (C=O) groups excluding carboxylic acids is 1. The molecule has 10 heteroatoms. The highest BCUT2D eigenvalue weighted by molar-refractivity contribution is 6.49. The molecular weight excluding hydrogens is 514 g/mol. The Morgan fingerprint density at radius 2 is 1.95 bits per heavy atom. The molecule has 0 unspecified atom stereocenters. The van der Waals surface area contributed by atoms with Gasteiger partial charge in [0.15, 0.2) is 0 Å². The van der Waals surface area contributed by atoms with Crippen LogP contribution >= 0.6 is 0 Å². The predicted octanol–water partition coefficient (Wildman–Crippen LogP) is 4.18. The molecule has 3 aromatic rings. The first kappa shape index (κ1) is 27.8. The normalized spacial score (nSPS) is 15.8. The molecule has 0 saturated carbocycles. The lowest BCUT2D eigenvalue weighted by Gasteiger charge is -2.30. The molecule has 1 saturated heterocycles. The van der Waals surface area contributed by atoms with Gasteiger partial charge in [0.05, 0.1) is 24.5 Å². The number of aromatic nitrogens is 2. The maximum Gasteiger partial charge on any atom is 0.274 e. The maximum absolute atomic E-state index is 13.3. The fourth-order valence-corrected chi connectivity index (χ4v) is 5.18. The van der Waals surface area contributed by atoms with Crippen molar-refractivity contribution < 1.29 is 18.7 Å². The highest BCUT2D eigenvalue weighted by Gasteiger charge is 2.23. The summed E-state index contributed by atoms with van der Waals surface area (Å²) >= 11 is 0. The topological polar surface area (TPSA) is 94.0 Å². The first-order valence-corrected chi connectivity index (χ1v) is 13.7. The van der Waals surface area contributed by atoms with Crippen molar-refractivity contribution in [2.24, 2.45) is 4.99 Å². The second-order valence-corrected chi connectivity index (χ2v) is 10.2. The lowest BCUT2D eigenvalue weighted by Crippen LogP contribution is -2.36. The average Bonchev–Trinajstić information content (AvgIpc) is 2.97. The number of benzene rings is 1. The van der Waals surface area contributed by atoms with E-state index in [1.807, 2.05) is 43.3 Å². The van der Waals surface area contributed by atoms with Gasteiger partial charge in [0, 0.05) is 49.7 Å². The van der Waals surface area contributed by atoms with Crippen molar-refractivity contribution in [2.45, 2.75) is 45.3 Å². The third-order valence-corrected chi connectivity index (χ3v) is 7.40. The van der Waals surface area contributed by atoms with Gasteiger partial charge in [-0.2, -0.15) is 0 Å². The number of rotatable bonds is 9. The maximum atomic E-state index is 13.3. The average molecular weight is 549 g/mol. The van der Waals surface area contributed by atoms with E-state index in [1.54, 1.807) is 23.5 Å². The number of hydrogen-bond acceptors (Lipinski definition) is 7. The third kappa shape index (κ3) is 6.68. The number of hydrogen-bond donors (Lipinski definition) is 2. The molecule has 0 spiro atoms. The summed E-state index contributed by atoms with van der Waals surface area (Å²) < 4.78 is 25.8. The molecule has 1 amide bonds. The Kier molecular flexibility index (Phi) is 8.76. The van der Waals surface area contributed by atoms with Crippen LogP contribution < -0.4 is 10.2 Å². The van der Waals surface area contributed by atoms with E-state index in [0.717, 1.165) is 66.0 Å². The van der Waals surface area contributed by atoms with Gasteiger partial charge in [0.2, 0.25) is 0 Å². The van der Waals surface area contributed by atoms with Gasteiger partial charge in [-0.25, -0.2) is 13.8 Å². The summed E-state index contributed by atoms with van der Waals surface area (Å²) in [6.07, 6.45) is 4.62. The van der Waals surface area contributed by atoms with Crippen molar-refractivity contribution in [1.82, 2.24) is 14.9 Å². The number of pyridine rings is 2. The molecule has 0 bridgehead atoms. The molecular formula is C30H34F2N6O2. The standard InChI is InChI=1S/C30H34F2N6O2/c1-2-37(19-27(31)32)18-20-13-23(16-33-15-20)22-4-3-21-7-10-34-29(26(21)14-22)30(40)36-24-5-6-28(35-17-24)38-11-8-25(39)9-12-38/h3-6,13-17,25,27,39H,2,7-12,18-19H2,1H3,(H,36,40). The minimum absolute atomic E-state index is 0.251. The van der Waals surface area contributed by atoms with E-state index in [4.69, 9.17) is 0 Å². The van der Waals surface area contributed by atoms with Gasteiger partial charge in [-0.1, -0.05) is 19.1 Å². The third-order valence-electron chi connectivity index (χ3n) is 7.40. The van der Waals surface area contributed by atoms with Gasteiger partial charge in [-0.3, -0.25) is 19.7 Å². The molecule has 210 valence electrons. The minimum atomic E-state index is -2.39. The number of anilines is 2. The van der Waals surface area contributed by atoms with Crippen LogP contribution in [0.2, 0.25) is 0 Å². The lowest BCUT2D eigenvalue weighted by molar-refractivity contribution is -0.110. The van der Waals surface area contributed by atoms with Gasteiger partial charge in [0.1, 0.15) is 11.5 Å². The number of amides is 1. The summed E-state index contributed by atoms with van der Waals surface area (Å²) in [7, 11) is 0. The predicted molar refractivity (Wildman–Crippen MR) is 152 cm³/mol. The molecule has 1 aromatic carbocycles. The number of piperidine rings is 1. The number of aliphatic hydroxyl groups excluding tert-OH is 1. The largest absolute Gasteiger partial charge is 0.393 e. The summed E-state index contributed by atoms with van der Waals surface area (Å²) in [5.74, 6) is 0.521. The Labute approximate surface area is 232 Å². The second kappa shape index (κ2) is 12.6. The van der Waals surface area contributed by atoms with Crippen LogP contribution in [0, 0.1) is 0 Å². The molecule has 8 nitrogen and oxygen atoms in total. The number of aliphatic hydroxyl groups is 1. The van der Waals surface area contributed by atoms with E-state index in [0.29, 0.717) is 31.0 Å². The zero-order chi connectivity index (χ0) is 28.1. The Morgan fingerprint density at radius 3 is 2.67 bits per heavy atom. The number of fused-ring (bicyclic) bond motifs is 1. The quantitative estimate of drug-likeness (QED) is 0.417. The van der Waals surface area contributed by atoms with Crippen LogP contribution in [0.15, 0.2) is 60.0 Å². The molecule has 40 heavy (non-hydrogen) atoms. The highest BCUT2D eigenvalue weighted by atomic mass is 19.3. The highest BCUT2D eigenvalue weighted by Crippen LogP contribution is 2.27. The minimum Gasteiger partial charge on any atom is -0.393 e. The monoisotopic (exact) mass is 548 g/mol. The van der Waals surface area contributed by atoms with E-state index >= 15 is 0 Å². The number of aliphatic imine (C=N–C) groups is 1. The Balaban J connectivity index is 1.31. The van der Waals surface area contributed by atoms with Gasteiger partial charge in [0.25, 0.3) is 12.3 Å². The SMILES string of the molecule is CCN(Cc1cncc(-c2ccc3c(c2)C(C(=O)Nc2ccc(N4CCC(O)CC4)nc2)=NCC3)c1)CC(F)F. The molecule has 0 radical (unpaired) electrons. The van der Waals surface area contributed by atoms with Crippen molar-refractivity contribution >= 4 is 23.1 Å². The fraction of sp³-hybridized carbons (Fsp3) is 0.400. The summed E-state index contributed by atoms with van der Waals surface area (Å²) in [4.78, 5) is 30.5. The molecule has 2 aliphatic heterocycles. The number of carbonyl (C=O) groups is 1. The van der Waals surface area contributed by atoms with Crippen molar-refractivity contribution in [2.75, 3.05) is 42.9 Å². The van der Waals surface area contributed by atoms with Gasteiger partial charge >= 0.3 is 0 Å². The number of alkyl halides is 2. The van der Waals surface area contributed by atoms with E-state index in [2.05, 4.69) is 25.2 Å². The molecule has 2 N–H and O–H groups in total. The van der Waals surface area contributed by atoms with Crippen LogP contribution in [0.1, 0.15) is 36.5 Å². The van der Waals surface area contributed by atoms with Crippen LogP contribution in [0.25, 0.3) is 11.1 Å². The van der Waals surface area contributed by atoms with Crippen LogP contribution in [-0.2, 0) is 17.8 Å². The van der Waals surface area contributed by atoms with Crippen LogP contribution in [-0.4, -0.2) is 76.8 Å². The van der Waals surface area contributed by atoms with Crippen LogP contribution in [0.4, 0.5) is 20.3 Å². The van der Waals surface area contributed by atoms with Gasteiger partial charge in [-0.15, -0.1) is 0 Å². The first-order chi connectivity index (χ1) is 19.4. The second-order valence-electron chi connectivity index (χ2n) is 10.2. The Bertz CT molecular complexity index is 1360. The first-order valence-electron chi connectivity index (χ1n) is 13.7. The summed E-state index contributed by atoms with van der Waals surface area (Å²) in [5.41, 5.74) is 5.35. The lowest BCUT2D eigenvalue weighted by atomic mass is 9.93. The van der Waals surface area contributed by atoms with Gasteiger partial charge < -0.3 is 15.3 Å².